The number of nitriles is 1. The highest BCUT2D eigenvalue weighted by atomic mass is 19.1. The van der Waals surface area contributed by atoms with Gasteiger partial charge < -0.3 is 29.4 Å². The summed E-state index contributed by atoms with van der Waals surface area (Å²) in [6, 6.07) is 25.6. The summed E-state index contributed by atoms with van der Waals surface area (Å²) in [6.45, 7) is 4.66. The lowest BCUT2D eigenvalue weighted by atomic mass is 9.83. The van der Waals surface area contributed by atoms with Gasteiger partial charge in [0.15, 0.2) is 11.5 Å². The maximum atomic E-state index is 14.2. The van der Waals surface area contributed by atoms with E-state index in [1.807, 2.05) is 13.8 Å². The van der Waals surface area contributed by atoms with Gasteiger partial charge in [-0.2, -0.15) is 5.26 Å². The van der Waals surface area contributed by atoms with Crippen LogP contribution in [0.15, 0.2) is 96.4 Å². The molecular weight excluding hydrogens is 563 g/mol. The Morgan fingerprint density at radius 1 is 0.932 bits per heavy atom. The molecular formula is C35H31FN2O6. The molecule has 4 aromatic rings. The van der Waals surface area contributed by atoms with Gasteiger partial charge in [0.25, 0.3) is 0 Å². The van der Waals surface area contributed by atoms with E-state index in [1.54, 1.807) is 78.9 Å². The van der Waals surface area contributed by atoms with Gasteiger partial charge in [0.2, 0.25) is 5.88 Å². The van der Waals surface area contributed by atoms with E-state index in [2.05, 4.69) is 6.07 Å². The number of fused-ring (bicyclic) bond motifs is 1. The fourth-order valence-corrected chi connectivity index (χ4v) is 4.84. The monoisotopic (exact) mass is 594 g/mol. The van der Waals surface area contributed by atoms with E-state index in [1.165, 1.54) is 6.07 Å². The van der Waals surface area contributed by atoms with E-state index in [9.17, 15) is 14.4 Å². The minimum Gasteiger partial charge on any atom is -0.493 e. The number of ether oxygens (including phenoxy) is 5. The number of para-hydroxylation sites is 1. The van der Waals surface area contributed by atoms with Gasteiger partial charge in [-0.3, -0.25) is 0 Å². The van der Waals surface area contributed by atoms with Crippen molar-refractivity contribution in [2.75, 3.05) is 13.2 Å². The van der Waals surface area contributed by atoms with Crippen molar-refractivity contribution in [1.29, 1.82) is 5.26 Å². The Morgan fingerprint density at radius 3 is 2.50 bits per heavy atom. The van der Waals surface area contributed by atoms with Crippen LogP contribution in [-0.2, 0) is 6.61 Å². The Morgan fingerprint density at radius 2 is 1.73 bits per heavy atom. The lowest BCUT2D eigenvalue weighted by Crippen LogP contribution is -2.21. The maximum absolute atomic E-state index is 14.2. The molecule has 1 aliphatic heterocycles. The first-order valence-electron chi connectivity index (χ1n) is 14.2. The Labute approximate surface area is 255 Å². The highest BCUT2D eigenvalue weighted by molar-refractivity contribution is 5.94. The minimum absolute atomic E-state index is 0.0131. The predicted molar refractivity (Wildman–Crippen MR) is 161 cm³/mol. The van der Waals surface area contributed by atoms with E-state index in [4.69, 9.17) is 29.4 Å². The molecule has 4 aromatic carbocycles. The number of halogens is 1. The van der Waals surface area contributed by atoms with Crippen LogP contribution in [0.2, 0.25) is 0 Å². The molecule has 0 bridgehead atoms. The van der Waals surface area contributed by atoms with Crippen molar-refractivity contribution in [1.82, 2.24) is 0 Å². The number of hydrogen-bond acceptors (Lipinski definition) is 8. The van der Waals surface area contributed by atoms with Crippen molar-refractivity contribution < 1.29 is 32.9 Å². The van der Waals surface area contributed by atoms with Gasteiger partial charge in [-0.15, -0.1) is 0 Å². The number of nitrogens with zero attached hydrogens (tertiary/aromatic N) is 1. The van der Waals surface area contributed by atoms with Crippen LogP contribution in [0.1, 0.15) is 53.2 Å². The minimum atomic E-state index is -0.600. The molecule has 0 spiro atoms. The summed E-state index contributed by atoms with van der Waals surface area (Å²) in [5.41, 5.74) is 8.47. The van der Waals surface area contributed by atoms with Crippen LogP contribution in [0.25, 0.3) is 0 Å². The summed E-state index contributed by atoms with van der Waals surface area (Å²) >= 11 is 0. The van der Waals surface area contributed by atoms with Gasteiger partial charge in [-0.25, -0.2) is 9.18 Å². The van der Waals surface area contributed by atoms with E-state index in [0.717, 1.165) is 6.42 Å². The number of benzene rings is 4. The zero-order chi connectivity index (χ0) is 31.1. The summed E-state index contributed by atoms with van der Waals surface area (Å²) in [4.78, 5) is 13.0. The second kappa shape index (κ2) is 13.7. The molecule has 5 rings (SSSR count). The molecule has 0 fully saturated rings. The molecule has 0 aliphatic carbocycles. The molecule has 0 saturated heterocycles. The first kappa shape index (κ1) is 30.0. The van der Waals surface area contributed by atoms with E-state index >= 15 is 0 Å². The molecule has 2 N–H and O–H groups in total. The molecule has 0 aromatic heterocycles. The summed E-state index contributed by atoms with van der Waals surface area (Å²) in [5.74, 6) is 0.249. The summed E-state index contributed by atoms with van der Waals surface area (Å²) in [5, 5.41) is 10.0. The zero-order valence-electron chi connectivity index (χ0n) is 24.3. The van der Waals surface area contributed by atoms with Crippen molar-refractivity contribution >= 4 is 5.97 Å². The summed E-state index contributed by atoms with van der Waals surface area (Å²) in [6.07, 6.45) is 0.793. The number of nitrogens with two attached hydrogens (primary N) is 1. The van der Waals surface area contributed by atoms with Gasteiger partial charge in [-0.1, -0.05) is 49.4 Å². The lowest BCUT2D eigenvalue weighted by molar-refractivity contribution is 0.0730. The molecule has 1 unspecified atom stereocenters. The number of hydrogen-bond donors (Lipinski definition) is 1. The Hall–Kier alpha value is -5.49. The first-order valence-corrected chi connectivity index (χ1v) is 14.2. The molecule has 9 heteroatoms. The van der Waals surface area contributed by atoms with Crippen LogP contribution < -0.4 is 29.4 Å². The molecule has 0 radical (unpaired) electrons. The van der Waals surface area contributed by atoms with E-state index in [0.29, 0.717) is 58.5 Å². The third kappa shape index (κ3) is 6.45. The highest BCUT2D eigenvalue weighted by Gasteiger charge is 2.32. The van der Waals surface area contributed by atoms with Crippen LogP contribution >= 0.6 is 0 Å². The van der Waals surface area contributed by atoms with Crippen LogP contribution in [-0.4, -0.2) is 19.2 Å². The Balaban J connectivity index is 1.44. The SMILES string of the molecule is CCCOc1ccccc1C(=O)Oc1ccc2c(c1)OC(N)=C(C#N)C2c1ccc(OCc2ccccc2F)c(OCC)c1. The molecule has 8 nitrogen and oxygen atoms in total. The van der Waals surface area contributed by atoms with Gasteiger partial charge in [0, 0.05) is 17.2 Å². The van der Waals surface area contributed by atoms with Gasteiger partial charge in [0.05, 0.1) is 19.1 Å². The number of esters is 1. The average molecular weight is 595 g/mol. The van der Waals surface area contributed by atoms with Crippen molar-refractivity contribution in [2.24, 2.45) is 5.73 Å². The first-order chi connectivity index (χ1) is 21.4. The lowest BCUT2D eigenvalue weighted by Gasteiger charge is -2.27. The molecule has 1 aliphatic rings. The third-order valence-corrected chi connectivity index (χ3v) is 6.91. The quantitative estimate of drug-likeness (QED) is 0.145. The fourth-order valence-electron chi connectivity index (χ4n) is 4.84. The molecule has 0 saturated carbocycles. The molecule has 1 atom stereocenters. The second-order valence-electron chi connectivity index (χ2n) is 9.88. The van der Waals surface area contributed by atoms with Crippen molar-refractivity contribution in [3.8, 4) is 34.8 Å². The van der Waals surface area contributed by atoms with E-state index < -0.39 is 11.9 Å². The van der Waals surface area contributed by atoms with Crippen molar-refractivity contribution in [2.45, 2.75) is 32.8 Å². The van der Waals surface area contributed by atoms with Crippen LogP contribution in [0.3, 0.4) is 0 Å². The predicted octanol–water partition coefficient (Wildman–Crippen LogP) is 7.03. The maximum Gasteiger partial charge on any atom is 0.347 e. The summed E-state index contributed by atoms with van der Waals surface area (Å²) in [7, 11) is 0. The van der Waals surface area contributed by atoms with Gasteiger partial charge >= 0.3 is 5.97 Å². The highest BCUT2D eigenvalue weighted by Crippen LogP contribution is 2.45. The zero-order valence-corrected chi connectivity index (χ0v) is 24.3. The van der Waals surface area contributed by atoms with Crippen LogP contribution in [0, 0.1) is 17.1 Å². The van der Waals surface area contributed by atoms with Gasteiger partial charge in [0.1, 0.15) is 46.9 Å². The van der Waals surface area contributed by atoms with Crippen LogP contribution in [0.4, 0.5) is 4.39 Å². The molecule has 0 amide bonds. The Bertz CT molecular complexity index is 1750. The van der Waals surface area contributed by atoms with Gasteiger partial charge in [-0.05, 0) is 55.3 Å². The summed E-state index contributed by atoms with van der Waals surface area (Å²) < 4.78 is 43.1. The molecule has 1 heterocycles. The topological polar surface area (TPSA) is 113 Å². The van der Waals surface area contributed by atoms with Crippen LogP contribution in [0.5, 0.6) is 28.7 Å². The standard InChI is InChI=1S/C35H31FN2O6/c1-3-17-41-29-12-8-6-10-26(29)35(39)43-24-14-15-25-31(19-24)44-34(38)27(20-37)33(25)22-13-16-30(32(18-22)40-4-2)42-21-23-9-5-7-11-28(23)36/h5-16,18-19,33H,3-4,17,21,38H2,1-2H3. The number of rotatable bonds is 11. The van der Waals surface area contributed by atoms with E-state index in [-0.39, 0.29) is 29.6 Å². The van der Waals surface area contributed by atoms with Crippen molar-refractivity contribution in [3.63, 3.8) is 0 Å². The second-order valence-corrected chi connectivity index (χ2v) is 9.88. The number of carbonyl (C=O) groups excluding carboxylic acids is 1. The fraction of sp³-hybridized carbons (Fsp3) is 0.200. The third-order valence-electron chi connectivity index (χ3n) is 6.91. The largest absolute Gasteiger partial charge is 0.493 e. The number of allylic oxidation sites excluding steroid dienone is 1. The molecule has 224 valence electrons. The smallest absolute Gasteiger partial charge is 0.347 e. The normalized spacial score (nSPS) is 13.7. The average Bonchev–Trinajstić information content (AvgIpc) is 3.03. The molecule has 44 heavy (non-hydrogen) atoms. The Kier molecular flexibility index (Phi) is 9.31. The van der Waals surface area contributed by atoms with Crippen molar-refractivity contribution in [3.05, 3.63) is 124 Å². The number of carbonyl (C=O) groups is 1.